The van der Waals surface area contributed by atoms with Crippen LogP contribution >= 0.6 is 0 Å². The summed E-state index contributed by atoms with van der Waals surface area (Å²) >= 11 is 0. The van der Waals surface area contributed by atoms with Gasteiger partial charge in [-0.3, -0.25) is 0 Å². The lowest BCUT2D eigenvalue weighted by Crippen LogP contribution is -2.38. The molecule has 0 fully saturated rings. The molecule has 0 aliphatic carbocycles. The lowest BCUT2D eigenvalue weighted by molar-refractivity contribution is 0.175. The van der Waals surface area contributed by atoms with Crippen molar-refractivity contribution in [1.82, 2.24) is 5.32 Å². The van der Waals surface area contributed by atoms with Crippen LogP contribution in [0.1, 0.15) is 19.4 Å². The van der Waals surface area contributed by atoms with E-state index in [0.29, 0.717) is 24.7 Å². The molecule has 18 heavy (non-hydrogen) atoms. The van der Waals surface area contributed by atoms with Crippen LogP contribution in [0.25, 0.3) is 0 Å². The van der Waals surface area contributed by atoms with E-state index in [0.717, 1.165) is 5.69 Å². The second-order valence-electron chi connectivity index (χ2n) is 4.76. The Kier molecular flexibility index (Phi) is 5.63. The van der Waals surface area contributed by atoms with E-state index in [4.69, 9.17) is 5.26 Å². The smallest absolute Gasteiger partial charge is 0.0992 e. The Morgan fingerprint density at radius 2 is 2.17 bits per heavy atom. The summed E-state index contributed by atoms with van der Waals surface area (Å²) in [4.78, 5) is 1.95. The number of benzene rings is 1. The number of anilines is 1. The van der Waals surface area contributed by atoms with Gasteiger partial charge in [-0.1, -0.05) is 19.9 Å². The van der Waals surface area contributed by atoms with Crippen LogP contribution in [0.2, 0.25) is 0 Å². The highest BCUT2D eigenvalue weighted by atomic mass is 16.3. The van der Waals surface area contributed by atoms with Gasteiger partial charge in [-0.25, -0.2) is 0 Å². The van der Waals surface area contributed by atoms with Crippen molar-refractivity contribution in [3.05, 3.63) is 29.8 Å². The lowest BCUT2D eigenvalue weighted by Gasteiger charge is -2.23. The highest BCUT2D eigenvalue weighted by Gasteiger charge is 2.09. The summed E-state index contributed by atoms with van der Waals surface area (Å²) in [6.07, 6.45) is -0.428. The van der Waals surface area contributed by atoms with Crippen molar-refractivity contribution in [1.29, 1.82) is 5.26 Å². The molecule has 0 amide bonds. The first-order chi connectivity index (χ1) is 8.52. The number of hydrogen-bond acceptors (Lipinski definition) is 4. The van der Waals surface area contributed by atoms with Gasteiger partial charge in [0.2, 0.25) is 0 Å². The second-order valence-corrected chi connectivity index (χ2v) is 4.76. The van der Waals surface area contributed by atoms with Crippen molar-refractivity contribution in [3.8, 4) is 6.07 Å². The van der Waals surface area contributed by atoms with Gasteiger partial charge in [-0.15, -0.1) is 0 Å². The zero-order chi connectivity index (χ0) is 13.5. The molecule has 1 aromatic rings. The average molecular weight is 247 g/mol. The molecule has 4 nitrogen and oxygen atoms in total. The van der Waals surface area contributed by atoms with Crippen molar-refractivity contribution in [2.75, 3.05) is 25.0 Å². The summed E-state index contributed by atoms with van der Waals surface area (Å²) in [6.45, 7) is 5.20. The van der Waals surface area contributed by atoms with E-state index in [1.54, 1.807) is 6.07 Å². The minimum atomic E-state index is -0.428. The van der Waals surface area contributed by atoms with Crippen LogP contribution in [0.3, 0.4) is 0 Å². The Hall–Kier alpha value is -1.57. The minimum absolute atomic E-state index is 0.367. The van der Waals surface area contributed by atoms with Gasteiger partial charge < -0.3 is 15.3 Å². The fraction of sp³-hybridized carbons (Fsp3) is 0.500. The third-order valence-corrected chi connectivity index (χ3v) is 2.66. The number of rotatable bonds is 6. The third-order valence-electron chi connectivity index (χ3n) is 2.66. The highest BCUT2D eigenvalue weighted by molar-refractivity contribution is 5.50. The minimum Gasteiger partial charge on any atom is -0.390 e. The molecule has 0 bridgehead atoms. The van der Waals surface area contributed by atoms with E-state index in [1.807, 2.05) is 44.0 Å². The largest absolute Gasteiger partial charge is 0.390 e. The Morgan fingerprint density at radius 3 is 2.78 bits per heavy atom. The normalized spacial score (nSPS) is 12.2. The molecule has 1 atom stereocenters. The molecular formula is C14H21N3O. The third kappa shape index (κ3) is 4.74. The van der Waals surface area contributed by atoms with Crippen LogP contribution in [0.15, 0.2) is 24.3 Å². The van der Waals surface area contributed by atoms with Crippen LogP contribution < -0.4 is 10.2 Å². The van der Waals surface area contributed by atoms with E-state index < -0.39 is 6.10 Å². The van der Waals surface area contributed by atoms with E-state index in [1.165, 1.54) is 0 Å². The van der Waals surface area contributed by atoms with Crippen LogP contribution in [-0.4, -0.2) is 37.4 Å². The topological polar surface area (TPSA) is 59.3 Å². The van der Waals surface area contributed by atoms with Crippen LogP contribution in [0, 0.1) is 11.3 Å². The van der Waals surface area contributed by atoms with Gasteiger partial charge in [0.05, 0.1) is 17.7 Å². The van der Waals surface area contributed by atoms with Gasteiger partial charge in [0, 0.05) is 31.9 Å². The number of nitriles is 1. The summed E-state index contributed by atoms with van der Waals surface area (Å²) in [6, 6.07) is 9.86. The van der Waals surface area contributed by atoms with E-state index in [-0.39, 0.29) is 0 Å². The maximum atomic E-state index is 9.89. The molecular weight excluding hydrogens is 226 g/mol. The van der Waals surface area contributed by atoms with Crippen LogP contribution in [-0.2, 0) is 0 Å². The van der Waals surface area contributed by atoms with Gasteiger partial charge in [0.25, 0.3) is 0 Å². The summed E-state index contributed by atoms with van der Waals surface area (Å²) in [5.41, 5.74) is 1.58. The molecule has 4 heteroatoms. The number of aliphatic hydroxyl groups excluding tert-OH is 1. The Morgan fingerprint density at radius 1 is 1.44 bits per heavy atom. The molecule has 0 radical (unpaired) electrons. The molecule has 0 heterocycles. The number of aliphatic hydroxyl groups is 1. The molecule has 0 aliphatic rings. The molecule has 2 N–H and O–H groups in total. The first-order valence-electron chi connectivity index (χ1n) is 6.15. The number of nitrogens with one attached hydrogen (secondary N) is 1. The van der Waals surface area contributed by atoms with Crippen LogP contribution in [0.5, 0.6) is 0 Å². The maximum absolute atomic E-state index is 9.89. The van der Waals surface area contributed by atoms with Gasteiger partial charge >= 0.3 is 0 Å². The first kappa shape index (κ1) is 14.5. The monoisotopic (exact) mass is 247 g/mol. The second kappa shape index (κ2) is 7.00. The Labute approximate surface area is 109 Å². The molecule has 98 valence electrons. The average Bonchev–Trinajstić information content (AvgIpc) is 2.36. The van der Waals surface area contributed by atoms with Gasteiger partial charge in [0.15, 0.2) is 0 Å². The van der Waals surface area contributed by atoms with Crippen molar-refractivity contribution < 1.29 is 5.11 Å². The SMILES string of the molecule is CC(C)NCC(O)CN(C)c1cccc(C#N)c1. The zero-order valence-corrected chi connectivity index (χ0v) is 11.2. The molecule has 1 aromatic carbocycles. The van der Waals surface area contributed by atoms with E-state index in [9.17, 15) is 5.11 Å². The molecule has 0 spiro atoms. The van der Waals surface area contributed by atoms with Gasteiger partial charge in [-0.05, 0) is 18.2 Å². The fourth-order valence-corrected chi connectivity index (χ4v) is 1.67. The first-order valence-corrected chi connectivity index (χ1v) is 6.15. The number of nitrogens with zero attached hydrogens (tertiary/aromatic N) is 2. The summed E-state index contributed by atoms with van der Waals surface area (Å²) in [5, 5.41) is 21.9. The zero-order valence-electron chi connectivity index (χ0n) is 11.2. The van der Waals surface area contributed by atoms with Gasteiger partial charge in [0.1, 0.15) is 0 Å². The number of likely N-dealkylation sites (N-methyl/N-ethyl adjacent to an activating group) is 1. The molecule has 0 saturated heterocycles. The number of hydrogen-bond donors (Lipinski definition) is 2. The van der Waals surface area contributed by atoms with E-state index >= 15 is 0 Å². The molecule has 0 aliphatic heterocycles. The molecule has 0 saturated carbocycles. The van der Waals surface area contributed by atoms with Crippen molar-refractivity contribution in [2.24, 2.45) is 0 Å². The molecule has 1 rings (SSSR count). The Balaban J connectivity index is 2.54. The van der Waals surface area contributed by atoms with Gasteiger partial charge in [-0.2, -0.15) is 5.26 Å². The predicted molar refractivity (Wildman–Crippen MR) is 73.6 cm³/mol. The lowest BCUT2D eigenvalue weighted by atomic mass is 10.2. The van der Waals surface area contributed by atoms with Crippen molar-refractivity contribution in [2.45, 2.75) is 26.0 Å². The molecule has 0 aromatic heterocycles. The quantitative estimate of drug-likeness (QED) is 0.796. The highest BCUT2D eigenvalue weighted by Crippen LogP contribution is 2.14. The molecule has 1 unspecified atom stereocenters. The fourth-order valence-electron chi connectivity index (χ4n) is 1.67. The standard InChI is InChI=1S/C14H21N3O/c1-11(2)16-9-14(18)10-17(3)13-6-4-5-12(7-13)8-15/h4-7,11,14,16,18H,9-10H2,1-3H3. The summed E-state index contributed by atoms with van der Waals surface area (Å²) < 4.78 is 0. The van der Waals surface area contributed by atoms with Crippen molar-refractivity contribution >= 4 is 5.69 Å². The Bertz CT molecular complexity index is 412. The van der Waals surface area contributed by atoms with E-state index in [2.05, 4.69) is 11.4 Å². The predicted octanol–water partition coefficient (Wildman–Crippen LogP) is 1.35. The summed E-state index contributed by atoms with van der Waals surface area (Å²) in [7, 11) is 1.91. The van der Waals surface area contributed by atoms with Crippen molar-refractivity contribution in [3.63, 3.8) is 0 Å². The van der Waals surface area contributed by atoms with Crippen LogP contribution in [0.4, 0.5) is 5.69 Å². The summed E-state index contributed by atoms with van der Waals surface area (Å²) in [5.74, 6) is 0. The maximum Gasteiger partial charge on any atom is 0.0992 e.